The van der Waals surface area contributed by atoms with Crippen molar-refractivity contribution in [1.82, 2.24) is 24.7 Å². The van der Waals surface area contributed by atoms with Crippen LogP contribution in [0, 0.1) is 6.92 Å². The average Bonchev–Trinajstić information content (AvgIpc) is 2.76. The molecule has 0 unspecified atom stereocenters. The molecule has 0 aliphatic carbocycles. The quantitative estimate of drug-likeness (QED) is 0.682. The summed E-state index contributed by atoms with van der Waals surface area (Å²) in [5.41, 5.74) is 2.55. The molecule has 0 saturated carbocycles. The van der Waals surface area contributed by atoms with Crippen molar-refractivity contribution in [2.75, 3.05) is 51.6 Å². The van der Waals surface area contributed by atoms with Gasteiger partial charge in [-0.25, -0.2) is 9.97 Å². The van der Waals surface area contributed by atoms with Crippen LogP contribution in [0.4, 0.5) is 5.82 Å². The lowest BCUT2D eigenvalue weighted by Crippen LogP contribution is -2.47. The van der Waals surface area contributed by atoms with Crippen LogP contribution in [0.25, 0.3) is 11.4 Å². The van der Waals surface area contributed by atoms with Crippen LogP contribution in [0.1, 0.15) is 43.7 Å². The molecule has 32 heavy (non-hydrogen) atoms. The lowest BCUT2D eigenvalue weighted by molar-refractivity contribution is 0.0664. The number of likely N-dealkylation sites (N-methyl/N-ethyl adjacent to an activating group) is 1. The van der Waals surface area contributed by atoms with Crippen molar-refractivity contribution >= 4 is 11.7 Å². The number of aromatic nitrogens is 2. The Morgan fingerprint density at radius 3 is 2.25 bits per heavy atom. The minimum Gasteiger partial charge on any atom is -0.369 e. The number of nitrogens with one attached hydrogen (secondary N) is 1. The molecule has 0 radical (unpaired) electrons. The molecular formula is C25H38N6O. The van der Waals surface area contributed by atoms with Gasteiger partial charge >= 0.3 is 0 Å². The second-order valence-corrected chi connectivity index (χ2v) is 9.24. The second-order valence-electron chi connectivity index (χ2n) is 9.24. The lowest BCUT2D eigenvalue weighted by Gasteiger charge is -2.32. The van der Waals surface area contributed by atoms with Crippen molar-refractivity contribution < 1.29 is 4.79 Å². The monoisotopic (exact) mass is 438 g/mol. The maximum absolute atomic E-state index is 12.8. The summed E-state index contributed by atoms with van der Waals surface area (Å²) in [6.07, 6.45) is 0. The van der Waals surface area contributed by atoms with E-state index in [1.54, 1.807) is 0 Å². The number of nitrogens with zero attached hydrogens (tertiary/aromatic N) is 5. The molecule has 1 aromatic carbocycles. The zero-order valence-corrected chi connectivity index (χ0v) is 20.4. The molecule has 1 aliphatic heterocycles. The van der Waals surface area contributed by atoms with Gasteiger partial charge in [-0.1, -0.05) is 12.1 Å². The van der Waals surface area contributed by atoms with Crippen LogP contribution in [-0.4, -0.2) is 89.0 Å². The van der Waals surface area contributed by atoms with Gasteiger partial charge in [0.15, 0.2) is 5.82 Å². The van der Waals surface area contributed by atoms with E-state index in [1.807, 2.05) is 42.2 Å². The average molecular weight is 439 g/mol. The van der Waals surface area contributed by atoms with Gasteiger partial charge in [0.25, 0.3) is 5.91 Å². The Balaban J connectivity index is 1.66. The van der Waals surface area contributed by atoms with Gasteiger partial charge in [-0.15, -0.1) is 0 Å². The summed E-state index contributed by atoms with van der Waals surface area (Å²) < 4.78 is 0. The van der Waals surface area contributed by atoms with E-state index in [1.165, 1.54) is 0 Å². The largest absolute Gasteiger partial charge is 0.369 e. The number of anilines is 1. The molecule has 2 aromatic rings. The van der Waals surface area contributed by atoms with Crippen molar-refractivity contribution in [2.45, 2.75) is 46.7 Å². The van der Waals surface area contributed by atoms with E-state index in [0.717, 1.165) is 56.3 Å². The van der Waals surface area contributed by atoms with Crippen LogP contribution in [0.15, 0.2) is 30.3 Å². The van der Waals surface area contributed by atoms with Crippen LogP contribution >= 0.6 is 0 Å². The predicted molar refractivity (Wildman–Crippen MR) is 131 cm³/mol. The van der Waals surface area contributed by atoms with Gasteiger partial charge in [0, 0.05) is 74.2 Å². The highest BCUT2D eigenvalue weighted by atomic mass is 16.2. The molecule has 174 valence electrons. The molecule has 0 spiro atoms. The molecule has 3 rings (SSSR count). The Labute approximate surface area is 192 Å². The summed E-state index contributed by atoms with van der Waals surface area (Å²) >= 11 is 0. The SMILES string of the molecule is Cc1cc(NCCN(C(C)C)C(C)C)nc(-c2ccc(C(=O)N3CCN(C)CC3)cc2)n1. The Bertz CT molecular complexity index is 880. The fourth-order valence-corrected chi connectivity index (χ4v) is 4.17. The molecule has 7 heteroatoms. The summed E-state index contributed by atoms with van der Waals surface area (Å²) in [5.74, 6) is 1.60. The number of carbonyl (C=O) groups excluding carboxylic acids is 1. The van der Waals surface area contributed by atoms with Crippen molar-refractivity contribution in [3.63, 3.8) is 0 Å². The summed E-state index contributed by atoms with van der Waals surface area (Å²) in [7, 11) is 2.09. The summed E-state index contributed by atoms with van der Waals surface area (Å²) in [4.78, 5) is 28.8. The first-order chi connectivity index (χ1) is 15.2. The molecule has 0 bridgehead atoms. The number of amides is 1. The first-order valence-electron chi connectivity index (χ1n) is 11.7. The van der Waals surface area contributed by atoms with E-state index < -0.39 is 0 Å². The van der Waals surface area contributed by atoms with E-state index >= 15 is 0 Å². The van der Waals surface area contributed by atoms with Crippen LogP contribution < -0.4 is 5.32 Å². The van der Waals surface area contributed by atoms with E-state index in [0.29, 0.717) is 23.5 Å². The lowest BCUT2D eigenvalue weighted by atomic mass is 10.1. The van der Waals surface area contributed by atoms with Gasteiger partial charge in [-0.2, -0.15) is 0 Å². The zero-order valence-electron chi connectivity index (χ0n) is 20.4. The molecule has 1 N–H and O–H groups in total. The first kappa shape index (κ1) is 24.1. The standard InChI is InChI=1S/C25H38N6O/c1-18(2)31(19(3)4)12-11-26-23-17-20(5)27-24(28-23)21-7-9-22(10-8-21)25(32)30-15-13-29(6)14-16-30/h7-10,17-19H,11-16H2,1-6H3,(H,26,27,28). The van der Waals surface area contributed by atoms with Crippen LogP contribution in [0.5, 0.6) is 0 Å². The Morgan fingerprint density at radius 2 is 1.66 bits per heavy atom. The highest BCUT2D eigenvalue weighted by Gasteiger charge is 2.20. The smallest absolute Gasteiger partial charge is 0.253 e. The minimum atomic E-state index is 0.0945. The maximum Gasteiger partial charge on any atom is 0.253 e. The number of hydrogen-bond donors (Lipinski definition) is 1. The fraction of sp³-hybridized carbons (Fsp3) is 0.560. The summed E-state index contributed by atoms with van der Waals surface area (Å²) in [5, 5.41) is 3.45. The number of aryl methyl sites for hydroxylation is 1. The van der Waals surface area contributed by atoms with Gasteiger partial charge in [-0.05, 0) is 53.8 Å². The molecule has 0 atom stereocenters. The molecule has 1 fully saturated rings. The number of carbonyl (C=O) groups is 1. The van der Waals surface area contributed by atoms with Crippen LogP contribution in [0.2, 0.25) is 0 Å². The summed E-state index contributed by atoms with van der Waals surface area (Å²) in [6.45, 7) is 16.1. The fourth-order valence-electron chi connectivity index (χ4n) is 4.17. The molecule has 7 nitrogen and oxygen atoms in total. The van der Waals surface area contributed by atoms with Crippen LogP contribution in [0.3, 0.4) is 0 Å². The third kappa shape index (κ3) is 6.26. The van der Waals surface area contributed by atoms with Crippen molar-refractivity contribution in [3.8, 4) is 11.4 Å². The number of hydrogen-bond acceptors (Lipinski definition) is 6. The first-order valence-corrected chi connectivity index (χ1v) is 11.7. The number of rotatable bonds is 8. The Morgan fingerprint density at radius 1 is 1.03 bits per heavy atom. The van der Waals surface area contributed by atoms with Crippen molar-refractivity contribution in [3.05, 3.63) is 41.6 Å². The zero-order chi connectivity index (χ0) is 23.3. The van der Waals surface area contributed by atoms with Crippen LogP contribution in [-0.2, 0) is 0 Å². The second kappa shape index (κ2) is 10.9. The van der Waals surface area contributed by atoms with Gasteiger partial charge in [0.05, 0.1) is 0 Å². The molecular weight excluding hydrogens is 400 g/mol. The summed E-state index contributed by atoms with van der Waals surface area (Å²) in [6, 6.07) is 10.7. The molecule has 1 amide bonds. The molecule has 2 heterocycles. The Hall–Kier alpha value is -2.51. The molecule has 1 saturated heterocycles. The predicted octanol–water partition coefficient (Wildman–Crippen LogP) is 3.37. The van der Waals surface area contributed by atoms with E-state index in [9.17, 15) is 4.79 Å². The third-order valence-corrected chi connectivity index (χ3v) is 6.04. The van der Waals surface area contributed by atoms with Gasteiger partial charge in [-0.3, -0.25) is 9.69 Å². The van der Waals surface area contributed by atoms with Gasteiger partial charge in [0.1, 0.15) is 5.82 Å². The highest BCUT2D eigenvalue weighted by Crippen LogP contribution is 2.20. The molecule has 1 aliphatic rings. The maximum atomic E-state index is 12.8. The topological polar surface area (TPSA) is 64.6 Å². The van der Waals surface area contributed by atoms with Gasteiger partial charge in [0.2, 0.25) is 0 Å². The van der Waals surface area contributed by atoms with Crippen molar-refractivity contribution in [2.24, 2.45) is 0 Å². The van der Waals surface area contributed by atoms with E-state index in [4.69, 9.17) is 4.98 Å². The highest BCUT2D eigenvalue weighted by molar-refractivity contribution is 5.94. The van der Waals surface area contributed by atoms with Gasteiger partial charge < -0.3 is 15.1 Å². The third-order valence-electron chi connectivity index (χ3n) is 6.04. The minimum absolute atomic E-state index is 0.0945. The normalized spacial score (nSPS) is 15.1. The molecule has 1 aromatic heterocycles. The number of piperazine rings is 1. The van der Waals surface area contributed by atoms with E-state index in [-0.39, 0.29) is 5.91 Å². The number of benzene rings is 1. The van der Waals surface area contributed by atoms with Crippen molar-refractivity contribution in [1.29, 1.82) is 0 Å². The van der Waals surface area contributed by atoms with E-state index in [2.05, 4.69) is 54.8 Å². The Kier molecular flexibility index (Phi) is 8.21.